The molecule has 2 aromatic rings. The van der Waals surface area contributed by atoms with Crippen molar-refractivity contribution < 1.29 is 4.79 Å². The lowest BCUT2D eigenvalue weighted by atomic mass is 10.1. The third-order valence-corrected chi connectivity index (χ3v) is 3.66. The number of benzene rings is 1. The van der Waals surface area contributed by atoms with Crippen molar-refractivity contribution in [3.63, 3.8) is 0 Å². The average Bonchev–Trinajstić information content (AvgIpc) is 2.69. The van der Waals surface area contributed by atoms with Crippen LogP contribution < -0.4 is 10.6 Å². The van der Waals surface area contributed by atoms with Crippen molar-refractivity contribution in [3.8, 4) is 0 Å². The molecule has 2 N–H and O–H groups in total. The van der Waals surface area contributed by atoms with Gasteiger partial charge in [-0.25, -0.2) is 4.79 Å². The van der Waals surface area contributed by atoms with E-state index in [2.05, 4.69) is 15.7 Å². The molecule has 0 atom stereocenters. The van der Waals surface area contributed by atoms with Crippen LogP contribution >= 0.6 is 0 Å². The van der Waals surface area contributed by atoms with Crippen molar-refractivity contribution in [2.45, 2.75) is 33.9 Å². The second-order valence-electron chi connectivity index (χ2n) is 5.29. The van der Waals surface area contributed by atoms with Crippen LogP contribution in [0.15, 0.2) is 24.3 Å². The van der Waals surface area contributed by atoms with Crippen molar-refractivity contribution in [1.82, 2.24) is 20.4 Å². The van der Waals surface area contributed by atoms with Gasteiger partial charge in [0.2, 0.25) is 0 Å². The number of carbonyl (C=O) groups is 1. The third kappa shape index (κ3) is 3.84. The molecule has 21 heavy (non-hydrogen) atoms. The summed E-state index contributed by atoms with van der Waals surface area (Å²) in [5.41, 5.74) is 5.40. The number of nitrogens with zero attached hydrogens (tertiary/aromatic N) is 2. The molecule has 1 aromatic heterocycles. The van der Waals surface area contributed by atoms with E-state index in [1.165, 1.54) is 5.56 Å². The standard InChI is InChI=1S/C16H22N4O/c1-11-5-7-14(8-6-11)9-17-16(21)18-10-15-12(2)19-20(4)13(15)3/h5-8H,9-10H2,1-4H3,(H2,17,18,21). The summed E-state index contributed by atoms with van der Waals surface area (Å²) in [7, 11) is 1.91. The van der Waals surface area contributed by atoms with Crippen LogP contribution in [0.5, 0.6) is 0 Å². The van der Waals surface area contributed by atoms with E-state index in [1.54, 1.807) is 0 Å². The molecule has 0 bridgehead atoms. The van der Waals surface area contributed by atoms with E-state index in [9.17, 15) is 4.79 Å². The molecule has 0 aliphatic carbocycles. The van der Waals surface area contributed by atoms with Crippen LogP contribution in [-0.4, -0.2) is 15.8 Å². The normalized spacial score (nSPS) is 10.5. The van der Waals surface area contributed by atoms with Gasteiger partial charge in [0, 0.05) is 31.4 Å². The van der Waals surface area contributed by atoms with Gasteiger partial charge < -0.3 is 10.6 Å². The molecule has 0 radical (unpaired) electrons. The largest absolute Gasteiger partial charge is 0.334 e. The van der Waals surface area contributed by atoms with Gasteiger partial charge in [0.1, 0.15) is 0 Å². The van der Waals surface area contributed by atoms with Crippen LogP contribution in [0, 0.1) is 20.8 Å². The van der Waals surface area contributed by atoms with Crippen LogP contribution in [0.2, 0.25) is 0 Å². The molecule has 0 spiro atoms. The molecule has 0 aliphatic rings. The number of carbonyl (C=O) groups excluding carboxylic acids is 1. The fraction of sp³-hybridized carbons (Fsp3) is 0.375. The SMILES string of the molecule is Cc1ccc(CNC(=O)NCc2c(C)nn(C)c2C)cc1. The van der Waals surface area contributed by atoms with Crippen LogP contribution in [0.1, 0.15) is 28.1 Å². The van der Waals surface area contributed by atoms with Gasteiger partial charge >= 0.3 is 6.03 Å². The number of hydrogen-bond acceptors (Lipinski definition) is 2. The summed E-state index contributed by atoms with van der Waals surface area (Å²) in [6, 6.07) is 7.95. The molecular formula is C16H22N4O. The van der Waals surface area contributed by atoms with Gasteiger partial charge in [-0.1, -0.05) is 29.8 Å². The minimum atomic E-state index is -0.168. The maximum Gasteiger partial charge on any atom is 0.315 e. The Kier molecular flexibility index (Phi) is 4.62. The zero-order valence-corrected chi connectivity index (χ0v) is 13.0. The van der Waals surface area contributed by atoms with Gasteiger partial charge in [-0.3, -0.25) is 4.68 Å². The lowest BCUT2D eigenvalue weighted by Crippen LogP contribution is -2.34. The molecule has 2 rings (SSSR count). The number of aryl methyl sites for hydroxylation is 3. The first-order chi connectivity index (χ1) is 9.97. The summed E-state index contributed by atoms with van der Waals surface area (Å²) in [4.78, 5) is 11.8. The lowest BCUT2D eigenvalue weighted by Gasteiger charge is -2.08. The molecular weight excluding hydrogens is 264 g/mol. The molecule has 0 aliphatic heterocycles. The zero-order valence-electron chi connectivity index (χ0n) is 13.0. The quantitative estimate of drug-likeness (QED) is 0.906. The van der Waals surface area contributed by atoms with E-state index in [1.807, 2.05) is 56.8 Å². The Morgan fingerprint density at radius 1 is 1.10 bits per heavy atom. The minimum Gasteiger partial charge on any atom is -0.334 e. The maximum absolute atomic E-state index is 11.8. The van der Waals surface area contributed by atoms with E-state index in [0.717, 1.165) is 22.5 Å². The van der Waals surface area contributed by atoms with E-state index < -0.39 is 0 Å². The number of hydrogen-bond donors (Lipinski definition) is 2. The predicted octanol–water partition coefficient (Wildman–Crippen LogP) is 2.34. The Labute approximate surface area is 125 Å². The molecule has 1 heterocycles. The number of amides is 2. The molecule has 0 saturated carbocycles. The molecule has 0 saturated heterocycles. The van der Waals surface area contributed by atoms with Crippen molar-refractivity contribution in [2.75, 3.05) is 0 Å². The second kappa shape index (κ2) is 6.43. The number of rotatable bonds is 4. The Hall–Kier alpha value is -2.30. The van der Waals surface area contributed by atoms with Gasteiger partial charge in [0.25, 0.3) is 0 Å². The minimum absolute atomic E-state index is 0.168. The fourth-order valence-corrected chi connectivity index (χ4v) is 2.19. The first-order valence-electron chi connectivity index (χ1n) is 7.03. The molecule has 5 heteroatoms. The van der Waals surface area contributed by atoms with Gasteiger partial charge in [0.15, 0.2) is 0 Å². The molecule has 0 fully saturated rings. The van der Waals surface area contributed by atoms with E-state index in [0.29, 0.717) is 13.1 Å². The van der Waals surface area contributed by atoms with Gasteiger partial charge in [-0.2, -0.15) is 5.10 Å². The smallest absolute Gasteiger partial charge is 0.315 e. The fourth-order valence-electron chi connectivity index (χ4n) is 2.19. The van der Waals surface area contributed by atoms with Crippen molar-refractivity contribution in [2.24, 2.45) is 7.05 Å². The molecule has 112 valence electrons. The summed E-state index contributed by atoms with van der Waals surface area (Å²) in [6.07, 6.45) is 0. The van der Waals surface area contributed by atoms with Crippen molar-refractivity contribution in [3.05, 3.63) is 52.3 Å². The summed E-state index contributed by atoms with van der Waals surface area (Å²) in [6.45, 7) is 7.01. The summed E-state index contributed by atoms with van der Waals surface area (Å²) in [5, 5.41) is 10.1. The molecule has 2 amide bonds. The second-order valence-corrected chi connectivity index (χ2v) is 5.29. The lowest BCUT2D eigenvalue weighted by molar-refractivity contribution is 0.240. The highest BCUT2D eigenvalue weighted by molar-refractivity contribution is 5.73. The highest BCUT2D eigenvalue weighted by Crippen LogP contribution is 2.11. The molecule has 1 aromatic carbocycles. The third-order valence-electron chi connectivity index (χ3n) is 3.66. The van der Waals surface area contributed by atoms with E-state index in [4.69, 9.17) is 0 Å². The van der Waals surface area contributed by atoms with Crippen LogP contribution in [0.4, 0.5) is 4.79 Å². The maximum atomic E-state index is 11.8. The average molecular weight is 286 g/mol. The van der Waals surface area contributed by atoms with E-state index in [-0.39, 0.29) is 6.03 Å². The highest BCUT2D eigenvalue weighted by Gasteiger charge is 2.10. The summed E-state index contributed by atoms with van der Waals surface area (Å²) < 4.78 is 1.83. The Morgan fingerprint density at radius 3 is 2.29 bits per heavy atom. The van der Waals surface area contributed by atoms with Gasteiger partial charge in [0.05, 0.1) is 5.69 Å². The summed E-state index contributed by atoms with van der Waals surface area (Å²) >= 11 is 0. The number of aromatic nitrogens is 2. The van der Waals surface area contributed by atoms with Crippen LogP contribution in [-0.2, 0) is 20.1 Å². The summed E-state index contributed by atoms with van der Waals surface area (Å²) in [5.74, 6) is 0. The van der Waals surface area contributed by atoms with Gasteiger partial charge in [-0.15, -0.1) is 0 Å². The Bertz CT molecular complexity index is 628. The Morgan fingerprint density at radius 2 is 1.71 bits per heavy atom. The van der Waals surface area contributed by atoms with Gasteiger partial charge in [-0.05, 0) is 26.3 Å². The first kappa shape index (κ1) is 15.1. The Balaban J connectivity index is 1.83. The first-order valence-corrected chi connectivity index (χ1v) is 7.03. The van der Waals surface area contributed by atoms with Crippen LogP contribution in [0.25, 0.3) is 0 Å². The van der Waals surface area contributed by atoms with Crippen molar-refractivity contribution in [1.29, 1.82) is 0 Å². The van der Waals surface area contributed by atoms with Crippen LogP contribution in [0.3, 0.4) is 0 Å². The molecule has 0 unspecified atom stereocenters. The monoisotopic (exact) mass is 286 g/mol. The zero-order chi connectivity index (χ0) is 15.4. The number of urea groups is 1. The number of nitrogens with one attached hydrogen (secondary N) is 2. The highest BCUT2D eigenvalue weighted by atomic mass is 16.2. The molecule has 5 nitrogen and oxygen atoms in total. The van der Waals surface area contributed by atoms with E-state index >= 15 is 0 Å². The predicted molar refractivity (Wildman–Crippen MR) is 82.9 cm³/mol. The topological polar surface area (TPSA) is 59.0 Å². The van der Waals surface area contributed by atoms with Crippen molar-refractivity contribution >= 4 is 6.03 Å².